The number of hydrogen-bond acceptors (Lipinski definition) is 3. The first-order valence-corrected chi connectivity index (χ1v) is 7.95. The van der Waals surface area contributed by atoms with E-state index in [9.17, 15) is 0 Å². The minimum absolute atomic E-state index is 0.373. The van der Waals surface area contributed by atoms with Crippen LogP contribution in [0.5, 0.6) is 5.75 Å². The van der Waals surface area contributed by atoms with Crippen molar-refractivity contribution in [2.24, 2.45) is 5.73 Å². The molecule has 0 aliphatic carbocycles. The van der Waals surface area contributed by atoms with Crippen LogP contribution >= 0.6 is 23.4 Å². The quantitative estimate of drug-likeness (QED) is 0.517. The lowest BCUT2D eigenvalue weighted by Crippen LogP contribution is -2.00. The van der Waals surface area contributed by atoms with Crippen molar-refractivity contribution in [3.05, 3.63) is 59.1 Å². The minimum Gasteiger partial charge on any atom is -0.493 e. The summed E-state index contributed by atoms with van der Waals surface area (Å²) in [4.78, 5) is 1.08. The van der Waals surface area contributed by atoms with Gasteiger partial charge in [0.05, 0.1) is 18.2 Å². The molecule has 0 atom stereocenters. The Bertz CT molecular complexity index is 631. The van der Waals surface area contributed by atoms with E-state index in [0.29, 0.717) is 13.2 Å². The van der Waals surface area contributed by atoms with Crippen molar-refractivity contribution >= 4 is 23.4 Å². The van der Waals surface area contributed by atoms with Gasteiger partial charge in [0.25, 0.3) is 0 Å². The lowest BCUT2D eigenvalue weighted by Gasteiger charge is -2.07. The fourth-order valence-corrected chi connectivity index (χ4v) is 2.73. The van der Waals surface area contributed by atoms with Gasteiger partial charge >= 0.3 is 0 Å². The van der Waals surface area contributed by atoms with Gasteiger partial charge in [-0.15, -0.1) is 11.8 Å². The zero-order chi connectivity index (χ0) is 14.9. The van der Waals surface area contributed by atoms with Crippen molar-refractivity contribution in [1.82, 2.24) is 0 Å². The van der Waals surface area contributed by atoms with E-state index in [2.05, 4.69) is 11.8 Å². The Morgan fingerprint density at radius 1 is 1.10 bits per heavy atom. The summed E-state index contributed by atoms with van der Waals surface area (Å²) in [6.07, 6.45) is 0. The van der Waals surface area contributed by atoms with Crippen molar-refractivity contribution in [2.45, 2.75) is 4.90 Å². The average molecular weight is 318 g/mol. The number of ether oxygens (including phenoxy) is 1. The van der Waals surface area contributed by atoms with Gasteiger partial charge in [0.15, 0.2) is 0 Å². The van der Waals surface area contributed by atoms with E-state index in [1.54, 1.807) is 11.8 Å². The molecule has 0 saturated heterocycles. The first-order valence-electron chi connectivity index (χ1n) is 6.59. The molecule has 2 aromatic carbocycles. The van der Waals surface area contributed by atoms with Gasteiger partial charge in [-0.2, -0.15) is 0 Å². The van der Waals surface area contributed by atoms with Crippen LogP contribution in [0.15, 0.2) is 53.4 Å². The van der Waals surface area contributed by atoms with Crippen LogP contribution in [-0.4, -0.2) is 18.9 Å². The summed E-state index contributed by atoms with van der Waals surface area (Å²) in [5.41, 5.74) is 6.28. The second-order valence-corrected chi connectivity index (χ2v) is 5.70. The molecule has 2 N–H and O–H groups in total. The molecule has 21 heavy (non-hydrogen) atoms. The van der Waals surface area contributed by atoms with Gasteiger partial charge in [-0.25, -0.2) is 0 Å². The molecule has 4 heteroatoms. The molecule has 0 aliphatic heterocycles. The molecule has 0 unspecified atom stereocenters. The van der Waals surface area contributed by atoms with Gasteiger partial charge in [-0.1, -0.05) is 35.6 Å². The predicted molar refractivity (Wildman–Crippen MR) is 90.0 cm³/mol. The minimum atomic E-state index is 0.373. The largest absolute Gasteiger partial charge is 0.493 e. The number of hydrogen-bond donors (Lipinski definition) is 1. The van der Waals surface area contributed by atoms with Crippen LogP contribution in [0.4, 0.5) is 0 Å². The molecule has 0 radical (unpaired) electrons. The van der Waals surface area contributed by atoms with Crippen LogP contribution in [0, 0.1) is 11.8 Å². The molecule has 0 heterocycles. The fraction of sp³-hybridized carbons (Fsp3) is 0.176. The SMILES string of the molecule is NCC#Cc1ccc(OCCSc2ccccc2Cl)cc1. The third-order valence-corrected chi connectivity index (χ3v) is 4.11. The summed E-state index contributed by atoms with van der Waals surface area (Å²) in [5.74, 6) is 7.48. The van der Waals surface area contributed by atoms with Gasteiger partial charge < -0.3 is 10.5 Å². The van der Waals surface area contributed by atoms with Crippen molar-refractivity contribution in [3.8, 4) is 17.6 Å². The third-order valence-electron chi connectivity index (χ3n) is 2.64. The number of rotatable bonds is 5. The number of thioether (sulfide) groups is 1. The first kappa shape index (κ1) is 15.8. The van der Waals surface area contributed by atoms with E-state index in [0.717, 1.165) is 27.0 Å². The predicted octanol–water partition coefficient (Wildman–Crippen LogP) is 3.82. The van der Waals surface area contributed by atoms with E-state index in [1.165, 1.54) is 0 Å². The molecule has 0 amide bonds. The van der Waals surface area contributed by atoms with Crippen molar-refractivity contribution in [2.75, 3.05) is 18.9 Å². The Kier molecular flexibility index (Phi) is 6.49. The maximum absolute atomic E-state index is 6.10. The molecule has 0 fully saturated rings. The van der Waals surface area contributed by atoms with Gasteiger partial charge in [0.2, 0.25) is 0 Å². The van der Waals surface area contributed by atoms with Crippen LogP contribution in [0.1, 0.15) is 5.56 Å². The van der Waals surface area contributed by atoms with Crippen LogP contribution in [0.2, 0.25) is 5.02 Å². The monoisotopic (exact) mass is 317 g/mol. The molecule has 0 spiro atoms. The van der Waals surface area contributed by atoms with Crippen molar-refractivity contribution in [3.63, 3.8) is 0 Å². The molecule has 0 bridgehead atoms. The molecule has 2 aromatic rings. The highest BCUT2D eigenvalue weighted by molar-refractivity contribution is 7.99. The number of nitrogens with two attached hydrogens (primary N) is 1. The Morgan fingerprint density at radius 3 is 2.57 bits per heavy atom. The van der Waals surface area contributed by atoms with E-state index in [-0.39, 0.29) is 0 Å². The topological polar surface area (TPSA) is 35.2 Å². The highest BCUT2D eigenvalue weighted by atomic mass is 35.5. The number of halogens is 1. The second-order valence-electron chi connectivity index (χ2n) is 4.16. The van der Waals surface area contributed by atoms with Gasteiger partial charge in [-0.3, -0.25) is 0 Å². The fourth-order valence-electron chi connectivity index (χ4n) is 1.66. The molecule has 0 aliphatic rings. The summed E-state index contributed by atoms with van der Waals surface area (Å²) in [5, 5.41) is 0.783. The van der Waals surface area contributed by atoms with Gasteiger partial charge in [0.1, 0.15) is 5.75 Å². The average Bonchev–Trinajstić information content (AvgIpc) is 2.52. The van der Waals surface area contributed by atoms with E-state index in [1.807, 2.05) is 48.5 Å². The number of benzene rings is 2. The molecular formula is C17H16ClNOS. The maximum Gasteiger partial charge on any atom is 0.119 e. The van der Waals surface area contributed by atoms with E-state index in [4.69, 9.17) is 22.1 Å². The van der Waals surface area contributed by atoms with Gasteiger partial charge in [0, 0.05) is 16.2 Å². The highest BCUT2D eigenvalue weighted by Crippen LogP contribution is 2.26. The Morgan fingerprint density at radius 2 is 1.86 bits per heavy atom. The zero-order valence-electron chi connectivity index (χ0n) is 11.5. The second kappa shape index (κ2) is 8.63. The Hall–Kier alpha value is -1.60. The molecule has 2 rings (SSSR count). The summed E-state index contributed by atoms with van der Waals surface area (Å²) < 4.78 is 5.69. The van der Waals surface area contributed by atoms with Gasteiger partial charge in [-0.05, 0) is 36.4 Å². The highest BCUT2D eigenvalue weighted by Gasteiger charge is 2.00. The van der Waals surface area contributed by atoms with Crippen LogP contribution in [-0.2, 0) is 0 Å². The van der Waals surface area contributed by atoms with Crippen LogP contribution in [0.3, 0.4) is 0 Å². The maximum atomic E-state index is 6.10. The zero-order valence-corrected chi connectivity index (χ0v) is 13.1. The summed E-state index contributed by atoms with van der Waals surface area (Å²) in [6, 6.07) is 15.5. The molecule has 108 valence electrons. The normalized spacial score (nSPS) is 9.81. The van der Waals surface area contributed by atoms with E-state index < -0.39 is 0 Å². The molecule has 2 nitrogen and oxygen atoms in total. The first-order chi connectivity index (χ1) is 10.3. The van der Waals surface area contributed by atoms with Crippen molar-refractivity contribution < 1.29 is 4.74 Å². The summed E-state index contributed by atoms with van der Waals surface area (Å²) >= 11 is 7.78. The molecule has 0 aromatic heterocycles. The lowest BCUT2D eigenvalue weighted by atomic mass is 10.2. The Labute approximate surface area is 134 Å². The standard InChI is InChI=1S/C17H16ClNOS/c18-16-5-1-2-6-17(16)21-13-12-20-15-9-7-14(8-10-15)4-3-11-19/h1-2,5-10H,11-13,19H2. The van der Waals surface area contributed by atoms with Crippen LogP contribution < -0.4 is 10.5 Å². The molecular weight excluding hydrogens is 302 g/mol. The molecule has 0 saturated carbocycles. The Balaban J connectivity index is 1.77. The lowest BCUT2D eigenvalue weighted by molar-refractivity contribution is 0.344. The van der Waals surface area contributed by atoms with E-state index >= 15 is 0 Å². The smallest absolute Gasteiger partial charge is 0.119 e. The summed E-state index contributed by atoms with van der Waals surface area (Å²) in [6.45, 7) is 1.00. The van der Waals surface area contributed by atoms with Crippen molar-refractivity contribution in [1.29, 1.82) is 0 Å². The summed E-state index contributed by atoms with van der Waals surface area (Å²) in [7, 11) is 0. The third kappa shape index (κ3) is 5.35. The van der Waals surface area contributed by atoms with Crippen LogP contribution in [0.25, 0.3) is 0 Å².